The van der Waals surface area contributed by atoms with E-state index in [2.05, 4.69) is 16.4 Å². The van der Waals surface area contributed by atoms with Crippen molar-refractivity contribution in [1.29, 1.82) is 0 Å². The molecule has 1 saturated carbocycles. The van der Waals surface area contributed by atoms with Crippen LogP contribution in [0.1, 0.15) is 38.5 Å². The van der Waals surface area contributed by atoms with Gasteiger partial charge in [0.15, 0.2) is 4.34 Å². The molecule has 3 nitrogen and oxygen atoms in total. The fourth-order valence-corrected chi connectivity index (χ4v) is 4.77. The van der Waals surface area contributed by atoms with Crippen LogP contribution in [0.15, 0.2) is 28.6 Å². The maximum Gasteiger partial charge on any atom is 0.221 e. The molecule has 0 bridgehead atoms. The van der Waals surface area contributed by atoms with E-state index in [4.69, 9.17) is 0 Å². The monoisotopic (exact) mass is 320 g/mol. The van der Waals surface area contributed by atoms with Crippen LogP contribution in [0.25, 0.3) is 10.2 Å². The Morgan fingerprint density at radius 3 is 2.90 bits per heavy atom. The molecule has 2 aromatic rings. The summed E-state index contributed by atoms with van der Waals surface area (Å²) in [5, 5.41) is 3.16. The van der Waals surface area contributed by atoms with E-state index in [9.17, 15) is 4.79 Å². The largest absolute Gasteiger partial charge is 0.353 e. The van der Waals surface area contributed by atoms with Crippen molar-refractivity contribution in [2.45, 2.75) is 48.9 Å². The van der Waals surface area contributed by atoms with E-state index in [1.54, 1.807) is 23.1 Å². The highest BCUT2D eigenvalue weighted by molar-refractivity contribution is 8.01. The van der Waals surface area contributed by atoms with Crippen LogP contribution >= 0.6 is 23.1 Å². The number of rotatable bonds is 5. The Labute approximate surface area is 133 Å². The molecule has 0 atom stereocenters. The molecular formula is C16H20N2OS2. The number of carbonyl (C=O) groups is 1. The molecule has 0 radical (unpaired) electrons. The van der Waals surface area contributed by atoms with Crippen molar-refractivity contribution < 1.29 is 4.79 Å². The average molecular weight is 320 g/mol. The predicted octanol–water partition coefficient (Wildman–Crippen LogP) is 4.23. The number of hydrogen-bond donors (Lipinski definition) is 1. The Kier molecular flexibility index (Phi) is 5.14. The topological polar surface area (TPSA) is 42.0 Å². The highest BCUT2D eigenvalue weighted by Crippen LogP contribution is 2.29. The number of nitrogens with one attached hydrogen (secondary N) is 1. The summed E-state index contributed by atoms with van der Waals surface area (Å²) in [6.07, 6.45) is 6.71. The number of amides is 1. The molecule has 112 valence electrons. The summed E-state index contributed by atoms with van der Waals surface area (Å²) >= 11 is 3.39. The third-order valence-electron chi connectivity index (χ3n) is 3.80. The van der Waals surface area contributed by atoms with Gasteiger partial charge in [0.2, 0.25) is 5.91 Å². The second-order valence-electron chi connectivity index (χ2n) is 5.45. The summed E-state index contributed by atoms with van der Waals surface area (Å²) < 4.78 is 2.27. The van der Waals surface area contributed by atoms with Crippen molar-refractivity contribution in [1.82, 2.24) is 10.3 Å². The lowest BCUT2D eigenvalue weighted by Gasteiger charge is -2.22. The van der Waals surface area contributed by atoms with Crippen molar-refractivity contribution in [3.05, 3.63) is 24.3 Å². The minimum atomic E-state index is 0.190. The Morgan fingerprint density at radius 1 is 1.29 bits per heavy atom. The first-order valence-electron chi connectivity index (χ1n) is 7.59. The van der Waals surface area contributed by atoms with Crippen LogP contribution in [-0.4, -0.2) is 22.7 Å². The summed E-state index contributed by atoms with van der Waals surface area (Å²) in [5.74, 6) is 0.994. The lowest BCUT2D eigenvalue weighted by molar-refractivity contribution is -0.121. The van der Waals surface area contributed by atoms with Gasteiger partial charge in [-0.3, -0.25) is 4.79 Å². The van der Waals surface area contributed by atoms with Crippen molar-refractivity contribution in [2.75, 3.05) is 5.75 Å². The number of para-hydroxylation sites is 1. The van der Waals surface area contributed by atoms with Gasteiger partial charge in [-0.2, -0.15) is 0 Å². The van der Waals surface area contributed by atoms with Crippen LogP contribution in [0, 0.1) is 0 Å². The van der Waals surface area contributed by atoms with Gasteiger partial charge in [0.05, 0.1) is 10.2 Å². The zero-order valence-corrected chi connectivity index (χ0v) is 13.6. The summed E-state index contributed by atoms with van der Waals surface area (Å²) in [6, 6.07) is 8.58. The zero-order valence-electron chi connectivity index (χ0n) is 12.0. The maximum atomic E-state index is 11.9. The fourth-order valence-electron chi connectivity index (χ4n) is 2.69. The van der Waals surface area contributed by atoms with Crippen LogP contribution in [0.3, 0.4) is 0 Å². The molecule has 1 heterocycles. The molecule has 3 rings (SSSR count). The lowest BCUT2D eigenvalue weighted by Crippen LogP contribution is -2.36. The molecule has 0 spiro atoms. The van der Waals surface area contributed by atoms with E-state index in [-0.39, 0.29) is 5.91 Å². The Bertz CT molecular complexity index is 572. The number of benzene rings is 1. The minimum Gasteiger partial charge on any atom is -0.353 e. The molecule has 1 aliphatic carbocycles. The predicted molar refractivity (Wildman–Crippen MR) is 90.0 cm³/mol. The van der Waals surface area contributed by atoms with Crippen LogP contribution in [0.4, 0.5) is 0 Å². The minimum absolute atomic E-state index is 0.190. The summed E-state index contributed by atoms with van der Waals surface area (Å²) in [6.45, 7) is 0. The third kappa shape index (κ3) is 4.20. The quantitative estimate of drug-likeness (QED) is 0.838. The number of thioether (sulfide) groups is 1. The molecule has 1 N–H and O–H groups in total. The van der Waals surface area contributed by atoms with Gasteiger partial charge in [-0.25, -0.2) is 4.98 Å². The number of aromatic nitrogens is 1. The lowest BCUT2D eigenvalue weighted by atomic mass is 9.95. The van der Waals surface area contributed by atoms with Gasteiger partial charge in [-0.15, -0.1) is 11.3 Å². The molecule has 0 aliphatic heterocycles. The highest BCUT2D eigenvalue weighted by atomic mass is 32.2. The highest BCUT2D eigenvalue weighted by Gasteiger charge is 2.15. The van der Waals surface area contributed by atoms with Crippen LogP contribution < -0.4 is 5.32 Å². The Hall–Kier alpha value is -1.07. The second-order valence-corrected chi connectivity index (χ2v) is 7.82. The SMILES string of the molecule is O=C(CCSc1nc2ccccc2s1)NC1CCCCC1. The van der Waals surface area contributed by atoms with Crippen molar-refractivity contribution in [2.24, 2.45) is 0 Å². The molecule has 5 heteroatoms. The van der Waals surface area contributed by atoms with Crippen LogP contribution in [-0.2, 0) is 4.79 Å². The van der Waals surface area contributed by atoms with E-state index < -0.39 is 0 Å². The summed E-state index contributed by atoms with van der Waals surface area (Å²) in [7, 11) is 0. The van der Waals surface area contributed by atoms with Gasteiger partial charge in [-0.1, -0.05) is 43.2 Å². The number of hydrogen-bond acceptors (Lipinski definition) is 4. The van der Waals surface area contributed by atoms with E-state index in [0.717, 1.165) is 28.5 Å². The number of fused-ring (bicyclic) bond motifs is 1. The maximum absolute atomic E-state index is 11.9. The molecule has 1 aromatic heterocycles. The molecule has 0 saturated heterocycles. The standard InChI is InChI=1S/C16H20N2OS2/c19-15(17-12-6-2-1-3-7-12)10-11-20-16-18-13-8-4-5-9-14(13)21-16/h4-5,8-9,12H,1-3,6-7,10-11H2,(H,17,19). The van der Waals surface area contributed by atoms with E-state index in [1.165, 1.54) is 24.0 Å². The van der Waals surface area contributed by atoms with Gasteiger partial charge in [0.25, 0.3) is 0 Å². The van der Waals surface area contributed by atoms with E-state index in [1.807, 2.05) is 18.2 Å². The van der Waals surface area contributed by atoms with Gasteiger partial charge >= 0.3 is 0 Å². The fraction of sp³-hybridized carbons (Fsp3) is 0.500. The first-order valence-corrected chi connectivity index (χ1v) is 9.39. The van der Waals surface area contributed by atoms with Crippen LogP contribution in [0.5, 0.6) is 0 Å². The molecular weight excluding hydrogens is 300 g/mol. The molecule has 1 aromatic carbocycles. The summed E-state index contributed by atoms with van der Waals surface area (Å²) in [4.78, 5) is 16.5. The van der Waals surface area contributed by atoms with Crippen molar-refractivity contribution in [3.8, 4) is 0 Å². The first kappa shape index (κ1) is 14.9. The third-order valence-corrected chi connectivity index (χ3v) is 5.98. The molecule has 1 amide bonds. The van der Waals surface area contributed by atoms with Gasteiger partial charge in [0, 0.05) is 18.2 Å². The van der Waals surface area contributed by atoms with Crippen molar-refractivity contribution in [3.63, 3.8) is 0 Å². The molecule has 21 heavy (non-hydrogen) atoms. The summed E-state index contributed by atoms with van der Waals surface area (Å²) in [5.41, 5.74) is 1.05. The average Bonchev–Trinajstić information content (AvgIpc) is 2.91. The van der Waals surface area contributed by atoms with Crippen molar-refractivity contribution >= 4 is 39.2 Å². The van der Waals surface area contributed by atoms with E-state index >= 15 is 0 Å². The first-order chi connectivity index (χ1) is 10.3. The Balaban J connectivity index is 1.43. The van der Waals surface area contributed by atoms with Gasteiger partial charge < -0.3 is 5.32 Å². The smallest absolute Gasteiger partial charge is 0.221 e. The molecule has 1 aliphatic rings. The molecule has 1 fully saturated rings. The zero-order chi connectivity index (χ0) is 14.5. The number of thiazole rings is 1. The number of carbonyl (C=O) groups excluding carboxylic acids is 1. The second kappa shape index (κ2) is 7.27. The normalized spacial score (nSPS) is 16.2. The van der Waals surface area contributed by atoms with Crippen LogP contribution in [0.2, 0.25) is 0 Å². The van der Waals surface area contributed by atoms with Gasteiger partial charge in [-0.05, 0) is 25.0 Å². The Morgan fingerprint density at radius 2 is 2.10 bits per heavy atom. The van der Waals surface area contributed by atoms with Gasteiger partial charge in [0.1, 0.15) is 0 Å². The van der Waals surface area contributed by atoms with E-state index in [0.29, 0.717) is 12.5 Å². The molecule has 0 unspecified atom stereocenters. The number of nitrogens with zero attached hydrogens (tertiary/aromatic N) is 1.